The number of dihydropyridines is 1. The van der Waals surface area contributed by atoms with E-state index in [2.05, 4.69) is 29.3 Å². The molecule has 0 aliphatic carbocycles. The molecule has 4 rings (SSSR count). The number of nitro groups is 1. The number of benzene rings is 2. The maximum Gasteiger partial charge on any atom is 0.338 e. The number of carbonyl (C=O) groups is 2. The van der Waals surface area contributed by atoms with E-state index in [4.69, 9.17) is 15.2 Å². The Morgan fingerprint density at radius 2 is 1.81 bits per heavy atom. The fraction of sp³-hybridized carbons (Fsp3) is 0.455. The first-order valence-electron chi connectivity index (χ1n) is 15.1. The second kappa shape index (κ2) is 15.3. The zero-order valence-corrected chi connectivity index (χ0v) is 25.1. The Balaban J connectivity index is 1.53. The highest BCUT2D eigenvalue weighted by Gasteiger charge is 2.39. The van der Waals surface area contributed by atoms with Gasteiger partial charge in [-0.3, -0.25) is 15.0 Å². The summed E-state index contributed by atoms with van der Waals surface area (Å²) in [6, 6.07) is 16.2. The monoisotopic (exact) mass is 590 g/mol. The number of non-ortho nitro benzene ring substituents is 1. The van der Waals surface area contributed by atoms with Crippen LogP contribution < -0.4 is 11.1 Å². The lowest BCUT2D eigenvalue weighted by Crippen LogP contribution is -2.38. The predicted molar refractivity (Wildman–Crippen MR) is 163 cm³/mol. The van der Waals surface area contributed by atoms with E-state index in [1.807, 2.05) is 18.2 Å². The summed E-state index contributed by atoms with van der Waals surface area (Å²) in [4.78, 5) is 40.6. The molecule has 2 atom stereocenters. The molecule has 2 heterocycles. The highest BCUT2D eigenvalue weighted by atomic mass is 16.6. The van der Waals surface area contributed by atoms with E-state index in [-0.39, 0.29) is 41.8 Å². The van der Waals surface area contributed by atoms with Gasteiger partial charge < -0.3 is 20.5 Å². The van der Waals surface area contributed by atoms with Crippen LogP contribution in [0.25, 0.3) is 0 Å². The van der Waals surface area contributed by atoms with Crippen LogP contribution in [0.5, 0.6) is 0 Å². The molecule has 0 aromatic heterocycles. The molecule has 0 bridgehead atoms. The molecule has 2 aromatic carbocycles. The first kappa shape index (κ1) is 31.7. The second-order valence-electron chi connectivity index (χ2n) is 11.3. The number of hydrogen-bond acceptors (Lipinski definition) is 9. The van der Waals surface area contributed by atoms with Gasteiger partial charge in [0.05, 0.1) is 35.2 Å². The highest BCUT2D eigenvalue weighted by molar-refractivity contribution is 5.99. The van der Waals surface area contributed by atoms with Crippen LogP contribution in [0.15, 0.2) is 77.3 Å². The van der Waals surface area contributed by atoms with Crippen molar-refractivity contribution in [1.82, 2.24) is 10.2 Å². The molecule has 2 aliphatic heterocycles. The highest BCUT2D eigenvalue weighted by Crippen LogP contribution is 2.39. The molecule has 0 saturated carbocycles. The molecular weight excluding hydrogens is 548 g/mol. The van der Waals surface area contributed by atoms with Gasteiger partial charge in [-0.15, -0.1) is 0 Å². The average Bonchev–Trinajstić information content (AvgIpc) is 3.00. The van der Waals surface area contributed by atoms with E-state index in [1.165, 1.54) is 23.8 Å². The van der Waals surface area contributed by atoms with Crippen molar-refractivity contribution in [3.05, 3.63) is 98.5 Å². The summed E-state index contributed by atoms with van der Waals surface area (Å²) in [5.74, 6) is -2.06. The minimum absolute atomic E-state index is 0.0426. The van der Waals surface area contributed by atoms with E-state index in [0.29, 0.717) is 11.3 Å². The molecule has 10 nitrogen and oxygen atoms in total. The van der Waals surface area contributed by atoms with Crippen LogP contribution in [-0.4, -0.2) is 48.1 Å². The third-order valence-electron chi connectivity index (χ3n) is 7.98. The number of unbranched alkanes of at least 4 members (excludes halogenated alkanes) is 3. The fourth-order valence-corrected chi connectivity index (χ4v) is 5.82. The lowest BCUT2D eigenvalue weighted by molar-refractivity contribution is -0.384. The van der Waals surface area contributed by atoms with E-state index < -0.39 is 22.8 Å². The summed E-state index contributed by atoms with van der Waals surface area (Å²) in [5.41, 5.74) is 8.48. The molecule has 0 spiro atoms. The Labute approximate surface area is 253 Å². The molecule has 3 N–H and O–H groups in total. The SMILES string of the molecule is CCCCCCOC(=O)C1=C(C)NC(N)=C(C(=O)OCC2CCCN(Cc3ccccc3)C2)C1c1cccc([N+](=O)[O-])c1. The Hall–Kier alpha value is -4.18. The van der Waals surface area contributed by atoms with Crippen LogP contribution in [0.1, 0.15) is 69.4 Å². The van der Waals surface area contributed by atoms with Crippen LogP contribution >= 0.6 is 0 Å². The van der Waals surface area contributed by atoms with Gasteiger partial charge in [-0.1, -0.05) is 68.7 Å². The van der Waals surface area contributed by atoms with Crippen molar-refractivity contribution in [1.29, 1.82) is 0 Å². The second-order valence-corrected chi connectivity index (χ2v) is 11.3. The minimum Gasteiger partial charge on any atom is -0.462 e. The number of allylic oxidation sites excluding steroid dienone is 1. The van der Waals surface area contributed by atoms with Crippen molar-refractivity contribution in [3.8, 4) is 0 Å². The summed E-state index contributed by atoms with van der Waals surface area (Å²) in [7, 11) is 0. The number of rotatable bonds is 13. The van der Waals surface area contributed by atoms with Crippen LogP contribution in [-0.2, 0) is 25.6 Å². The largest absolute Gasteiger partial charge is 0.462 e. The quantitative estimate of drug-likeness (QED) is 0.138. The normalized spacial score (nSPS) is 19.1. The molecule has 10 heteroatoms. The Morgan fingerprint density at radius 1 is 1.05 bits per heavy atom. The van der Waals surface area contributed by atoms with Crippen molar-refractivity contribution in [2.24, 2.45) is 11.7 Å². The molecule has 0 radical (unpaired) electrons. The fourth-order valence-electron chi connectivity index (χ4n) is 5.82. The van der Waals surface area contributed by atoms with Gasteiger partial charge >= 0.3 is 11.9 Å². The topological polar surface area (TPSA) is 137 Å². The number of nitro benzene ring substituents is 1. The Morgan fingerprint density at radius 3 is 2.56 bits per heavy atom. The van der Waals surface area contributed by atoms with Crippen molar-refractivity contribution in [2.75, 3.05) is 26.3 Å². The van der Waals surface area contributed by atoms with E-state index >= 15 is 0 Å². The first-order chi connectivity index (χ1) is 20.8. The van der Waals surface area contributed by atoms with Crippen molar-refractivity contribution in [3.63, 3.8) is 0 Å². The van der Waals surface area contributed by atoms with Gasteiger partial charge in [-0.25, -0.2) is 9.59 Å². The smallest absolute Gasteiger partial charge is 0.338 e. The molecule has 2 aliphatic rings. The maximum absolute atomic E-state index is 13.7. The maximum atomic E-state index is 13.7. The number of nitrogens with zero attached hydrogens (tertiary/aromatic N) is 2. The van der Waals surface area contributed by atoms with Gasteiger partial charge in [0.25, 0.3) is 5.69 Å². The predicted octanol–water partition coefficient (Wildman–Crippen LogP) is 5.30. The number of carbonyl (C=O) groups excluding carboxylic acids is 2. The molecule has 1 fully saturated rings. The number of piperidine rings is 1. The summed E-state index contributed by atoms with van der Waals surface area (Å²) >= 11 is 0. The van der Waals surface area contributed by atoms with Gasteiger partial charge in [0.15, 0.2) is 0 Å². The number of nitrogens with two attached hydrogens (primary N) is 1. The lowest BCUT2D eigenvalue weighted by atomic mass is 9.81. The van der Waals surface area contributed by atoms with Gasteiger partial charge in [-0.2, -0.15) is 0 Å². The van der Waals surface area contributed by atoms with E-state index in [0.717, 1.165) is 58.2 Å². The number of hydrogen-bond donors (Lipinski definition) is 2. The van der Waals surface area contributed by atoms with Gasteiger partial charge in [0.2, 0.25) is 0 Å². The van der Waals surface area contributed by atoms with Crippen LogP contribution in [0.3, 0.4) is 0 Å². The minimum atomic E-state index is -0.988. The van der Waals surface area contributed by atoms with Crippen molar-refractivity contribution < 1.29 is 24.0 Å². The van der Waals surface area contributed by atoms with E-state index in [1.54, 1.807) is 13.0 Å². The summed E-state index contributed by atoms with van der Waals surface area (Å²) in [6.07, 6.45) is 5.66. The first-order valence-corrected chi connectivity index (χ1v) is 15.1. The Bertz CT molecular complexity index is 1360. The summed E-state index contributed by atoms with van der Waals surface area (Å²) < 4.78 is 11.5. The molecule has 2 unspecified atom stereocenters. The van der Waals surface area contributed by atoms with Crippen LogP contribution in [0.4, 0.5) is 5.69 Å². The van der Waals surface area contributed by atoms with Gasteiger partial charge in [0, 0.05) is 36.8 Å². The number of nitrogens with one attached hydrogen (secondary N) is 1. The van der Waals surface area contributed by atoms with Crippen molar-refractivity contribution in [2.45, 2.75) is 64.8 Å². The molecule has 2 aromatic rings. The van der Waals surface area contributed by atoms with Crippen LogP contribution in [0.2, 0.25) is 0 Å². The molecular formula is C33H42N4O6. The summed E-state index contributed by atoms with van der Waals surface area (Å²) in [5, 5.41) is 14.6. The standard InChI is InChI=1S/C33H42N4O6/c1-3-4-5-9-18-42-32(38)28-23(2)35-31(34)30(29(28)26-15-10-16-27(19-26)37(40)41)33(39)43-22-25-14-11-17-36(21-25)20-24-12-7-6-8-13-24/h6-8,10,12-13,15-16,19,25,29,35H,3-5,9,11,14,17-18,20-22,34H2,1-2H3. The Kier molecular flexibility index (Phi) is 11.3. The van der Waals surface area contributed by atoms with Gasteiger partial charge in [-0.05, 0) is 43.9 Å². The molecule has 0 amide bonds. The zero-order chi connectivity index (χ0) is 30.8. The number of esters is 2. The van der Waals surface area contributed by atoms with Crippen LogP contribution in [0, 0.1) is 16.0 Å². The summed E-state index contributed by atoms with van der Waals surface area (Å²) in [6.45, 7) is 6.80. The van der Waals surface area contributed by atoms with Gasteiger partial charge in [0.1, 0.15) is 5.82 Å². The van der Waals surface area contributed by atoms with Crippen molar-refractivity contribution >= 4 is 17.6 Å². The average molecular weight is 591 g/mol. The lowest BCUT2D eigenvalue weighted by Gasteiger charge is -2.33. The zero-order valence-electron chi connectivity index (χ0n) is 25.1. The van der Waals surface area contributed by atoms with E-state index in [9.17, 15) is 19.7 Å². The third-order valence-corrected chi connectivity index (χ3v) is 7.98. The molecule has 43 heavy (non-hydrogen) atoms. The molecule has 1 saturated heterocycles. The number of likely N-dealkylation sites (tertiary alicyclic amines) is 1. The molecule has 230 valence electrons. The third kappa shape index (κ3) is 8.44. The number of ether oxygens (including phenoxy) is 2.